The van der Waals surface area contributed by atoms with Crippen LogP contribution in [-0.2, 0) is 5.41 Å². The van der Waals surface area contributed by atoms with Gasteiger partial charge < -0.3 is 5.73 Å². The third-order valence-electron chi connectivity index (χ3n) is 3.58. The molecule has 0 radical (unpaired) electrons. The zero-order chi connectivity index (χ0) is 14.3. The average Bonchev–Trinajstić information content (AvgIpc) is 2.73. The van der Waals surface area contributed by atoms with Crippen molar-refractivity contribution in [2.24, 2.45) is 0 Å². The van der Waals surface area contributed by atoms with Crippen LogP contribution in [0.4, 0.5) is 5.95 Å². The highest BCUT2D eigenvalue weighted by Gasteiger charge is 2.14. The first-order valence-corrected chi connectivity index (χ1v) is 6.81. The molecule has 0 atom stereocenters. The largest absolute Gasteiger partial charge is 0.369 e. The number of fused-ring (bicyclic) bond motifs is 1. The van der Waals surface area contributed by atoms with Crippen LogP contribution in [0.5, 0.6) is 0 Å². The smallest absolute Gasteiger partial charge is 0.205 e. The van der Waals surface area contributed by atoms with Crippen molar-refractivity contribution in [2.75, 3.05) is 5.73 Å². The van der Waals surface area contributed by atoms with Gasteiger partial charge in [0.2, 0.25) is 5.95 Å². The number of hydrogen-bond donors (Lipinski definition) is 1. The molecule has 0 saturated heterocycles. The molecule has 0 spiro atoms. The lowest BCUT2D eigenvalue weighted by molar-refractivity contribution is 0.590. The highest BCUT2D eigenvalue weighted by atomic mass is 15.2. The highest BCUT2D eigenvalue weighted by molar-refractivity contribution is 5.80. The van der Waals surface area contributed by atoms with Crippen LogP contribution < -0.4 is 5.73 Å². The molecule has 0 saturated carbocycles. The van der Waals surface area contributed by atoms with E-state index >= 15 is 0 Å². The predicted molar refractivity (Wildman–Crippen MR) is 84.2 cm³/mol. The van der Waals surface area contributed by atoms with Gasteiger partial charge in [0.15, 0.2) is 0 Å². The Kier molecular flexibility index (Phi) is 2.78. The van der Waals surface area contributed by atoms with Gasteiger partial charge in [0.1, 0.15) is 0 Å². The van der Waals surface area contributed by atoms with E-state index in [1.54, 1.807) is 0 Å². The number of imidazole rings is 1. The van der Waals surface area contributed by atoms with Gasteiger partial charge in [0.05, 0.1) is 11.0 Å². The lowest BCUT2D eigenvalue weighted by Crippen LogP contribution is -2.11. The molecule has 3 aromatic rings. The fourth-order valence-electron chi connectivity index (χ4n) is 2.43. The third-order valence-corrected chi connectivity index (χ3v) is 3.58. The molecule has 0 amide bonds. The quantitative estimate of drug-likeness (QED) is 0.725. The second kappa shape index (κ2) is 4.37. The number of anilines is 1. The average molecular weight is 265 g/mol. The molecule has 3 rings (SSSR count). The fraction of sp³-hybridized carbons (Fsp3) is 0.235. The summed E-state index contributed by atoms with van der Waals surface area (Å²) in [7, 11) is 0. The van der Waals surface area contributed by atoms with E-state index in [0.29, 0.717) is 5.95 Å². The van der Waals surface area contributed by atoms with Gasteiger partial charge >= 0.3 is 0 Å². The van der Waals surface area contributed by atoms with Crippen molar-refractivity contribution in [3.8, 4) is 5.69 Å². The van der Waals surface area contributed by atoms with Crippen molar-refractivity contribution in [1.29, 1.82) is 0 Å². The molecule has 0 aliphatic carbocycles. The minimum Gasteiger partial charge on any atom is -0.369 e. The zero-order valence-electron chi connectivity index (χ0n) is 12.1. The van der Waals surface area contributed by atoms with E-state index in [2.05, 4.69) is 50.0 Å². The van der Waals surface area contributed by atoms with Crippen LogP contribution in [0.1, 0.15) is 26.3 Å². The van der Waals surface area contributed by atoms with Crippen molar-refractivity contribution in [2.45, 2.75) is 26.2 Å². The Balaban J connectivity index is 2.14. The van der Waals surface area contributed by atoms with Crippen LogP contribution in [-0.4, -0.2) is 9.55 Å². The minimum absolute atomic E-state index is 0.154. The molecule has 0 aliphatic heterocycles. The molecule has 0 bridgehead atoms. The molecule has 2 aromatic carbocycles. The Morgan fingerprint density at radius 3 is 2.25 bits per heavy atom. The van der Waals surface area contributed by atoms with Crippen LogP contribution in [0.2, 0.25) is 0 Å². The Labute approximate surface area is 119 Å². The molecule has 1 heterocycles. The van der Waals surface area contributed by atoms with Crippen molar-refractivity contribution in [3.05, 3.63) is 54.1 Å². The van der Waals surface area contributed by atoms with Gasteiger partial charge in [-0.2, -0.15) is 0 Å². The minimum atomic E-state index is 0.154. The molecular weight excluding hydrogens is 246 g/mol. The van der Waals surface area contributed by atoms with E-state index < -0.39 is 0 Å². The number of aromatic nitrogens is 2. The SMILES string of the molecule is CC(C)(C)c1ccc(-n2c(N)nc3ccccc32)cc1. The number of para-hydroxylation sites is 2. The first-order chi connectivity index (χ1) is 9.47. The number of nitrogens with zero attached hydrogens (tertiary/aromatic N) is 2. The van der Waals surface area contributed by atoms with Crippen molar-refractivity contribution in [1.82, 2.24) is 9.55 Å². The monoisotopic (exact) mass is 265 g/mol. The summed E-state index contributed by atoms with van der Waals surface area (Å²) in [4.78, 5) is 4.40. The second-order valence-corrected chi connectivity index (χ2v) is 6.09. The summed E-state index contributed by atoms with van der Waals surface area (Å²) in [6.45, 7) is 6.63. The van der Waals surface area contributed by atoms with Gasteiger partial charge in [0.25, 0.3) is 0 Å². The fourth-order valence-corrected chi connectivity index (χ4v) is 2.43. The number of rotatable bonds is 1. The molecule has 2 N–H and O–H groups in total. The van der Waals surface area contributed by atoms with Crippen LogP contribution in [0.25, 0.3) is 16.7 Å². The van der Waals surface area contributed by atoms with E-state index in [9.17, 15) is 0 Å². The molecule has 20 heavy (non-hydrogen) atoms. The van der Waals surface area contributed by atoms with Crippen LogP contribution in [0, 0.1) is 0 Å². The zero-order valence-corrected chi connectivity index (χ0v) is 12.1. The molecule has 0 fully saturated rings. The van der Waals surface area contributed by atoms with Gasteiger partial charge in [-0.15, -0.1) is 0 Å². The summed E-state index contributed by atoms with van der Waals surface area (Å²) >= 11 is 0. The van der Waals surface area contributed by atoms with Crippen LogP contribution >= 0.6 is 0 Å². The van der Waals surface area contributed by atoms with Crippen LogP contribution in [0.3, 0.4) is 0 Å². The molecule has 1 aromatic heterocycles. The maximum Gasteiger partial charge on any atom is 0.205 e. The molecule has 0 aliphatic rings. The van der Waals surface area contributed by atoms with E-state index in [1.807, 2.05) is 28.8 Å². The Hall–Kier alpha value is -2.29. The summed E-state index contributed by atoms with van der Waals surface area (Å²) in [5, 5.41) is 0. The van der Waals surface area contributed by atoms with E-state index in [-0.39, 0.29) is 5.41 Å². The Morgan fingerprint density at radius 2 is 1.60 bits per heavy atom. The lowest BCUT2D eigenvalue weighted by atomic mass is 9.87. The first-order valence-electron chi connectivity index (χ1n) is 6.81. The normalized spacial score (nSPS) is 11.9. The van der Waals surface area contributed by atoms with Gasteiger partial charge in [0, 0.05) is 5.69 Å². The number of benzene rings is 2. The van der Waals surface area contributed by atoms with E-state index in [4.69, 9.17) is 5.73 Å². The van der Waals surface area contributed by atoms with E-state index in [1.165, 1.54) is 5.56 Å². The summed E-state index contributed by atoms with van der Waals surface area (Å²) in [5.41, 5.74) is 10.5. The molecule has 0 unspecified atom stereocenters. The number of nitrogen functional groups attached to an aromatic ring is 1. The molecule has 3 heteroatoms. The number of nitrogens with two attached hydrogens (primary N) is 1. The van der Waals surface area contributed by atoms with Gasteiger partial charge in [-0.25, -0.2) is 4.98 Å². The van der Waals surface area contributed by atoms with Gasteiger partial charge in [-0.1, -0.05) is 45.0 Å². The predicted octanol–water partition coefficient (Wildman–Crippen LogP) is 3.91. The standard InChI is InChI=1S/C17H19N3/c1-17(2,3)12-8-10-13(11-9-12)20-15-7-5-4-6-14(15)19-16(20)18/h4-11H,1-3H3,(H2,18,19). The van der Waals surface area contributed by atoms with Gasteiger partial charge in [-0.05, 0) is 35.2 Å². The van der Waals surface area contributed by atoms with Crippen molar-refractivity contribution < 1.29 is 0 Å². The Bertz CT molecular complexity index is 746. The summed E-state index contributed by atoms with van der Waals surface area (Å²) in [5.74, 6) is 0.523. The second-order valence-electron chi connectivity index (χ2n) is 6.09. The summed E-state index contributed by atoms with van der Waals surface area (Å²) in [6.07, 6.45) is 0. The summed E-state index contributed by atoms with van der Waals surface area (Å²) in [6, 6.07) is 16.5. The van der Waals surface area contributed by atoms with Crippen LogP contribution in [0.15, 0.2) is 48.5 Å². The topological polar surface area (TPSA) is 43.8 Å². The molecule has 3 nitrogen and oxygen atoms in total. The van der Waals surface area contributed by atoms with Crippen molar-refractivity contribution in [3.63, 3.8) is 0 Å². The Morgan fingerprint density at radius 1 is 0.950 bits per heavy atom. The van der Waals surface area contributed by atoms with Gasteiger partial charge in [-0.3, -0.25) is 4.57 Å². The maximum absolute atomic E-state index is 6.06. The van der Waals surface area contributed by atoms with Crippen molar-refractivity contribution >= 4 is 17.0 Å². The van der Waals surface area contributed by atoms with E-state index in [0.717, 1.165) is 16.7 Å². The first kappa shape index (κ1) is 12.7. The lowest BCUT2D eigenvalue weighted by Gasteiger charge is -2.19. The third kappa shape index (κ3) is 2.05. The molecular formula is C17H19N3. The summed E-state index contributed by atoms with van der Waals surface area (Å²) < 4.78 is 1.99. The maximum atomic E-state index is 6.06. The molecule has 102 valence electrons. The number of hydrogen-bond acceptors (Lipinski definition) is 2. The highest BCUT2D eigenvalue weighted by Crippen LogP contribution is 2.26.